The molecule has 1 aliphatic rings. The predicted molar refractivity (Wildman–Crippen MR) is 111 cm³/mol. The first-order valence-corrected chi connectivity index (χ1v) is 9.09. The van der Waals surface area contributed by atoms with Crippen LogP contribution in [0.25, 0.3) is 22.8 Å². The van der Waals surface area contributed by atoms with Gasteiger partial charge in [-0.15, -0.1) is 0 Å². The normalized spacial score (nSPS) is 14.2. The number of halogens is 1. The molecule has 1 amide bonds. The first-order valence-electron chi connectivity index (χ1n) is 8.71. The van der Waals surface area contributed by atoms with Crippen LogP contribution in [0, 0.1) is 13.8 Å². The maximum Gasteiger partial charge on any atom is 0.337 e. The summed E-state index contributed by atoms with van der Waals surface area (Å²) in [5, 5.41) is 12.9. The molecule has 3 N–H and O–H groups in total. The van der Waals surface area contributed by atoms with E-state index in [2.05, 4.69) is 10.3 Å². The summed E-state index contributed by atoms with van der Waals surface area (Å²) < 4.78 is 0. The number of carboxylic acid groups (broad SMARTS) is 1. The highest BCUT2D eigenvalue weighted by Gasteiger charge is 2.28. The SMILES string of the molecule is Cc1[nH]c(/C=C2\C(=O)Nc3cccc(-c4cccc(Cl)c4)c32)c(C)c1C(=O)O. The zero-order valence-electron chi connectivity index (χ0n) is 15.3. The van der Waals surface area contributed by atoms with Gasteiger partial charge in [0, 0.05) is 27.7 Å². The molecule has 0 radical (unpaired) electrons. The molecule has 0 atom stereocenters. The van der Waals surface area contributed by atoms with Gasteiger partial charge in [0.1, 0.15) is 0 Å². The van der Waals surface area contributed by atoms with E-state index >= 15 is 0 Å². The number of benzene rings is 2. The Labute approximate surface area is 166 Å². The van der Waals surface area contributed by atoms with Gasteiger partial charge in [-0.3, -0.25) is 4.79 Å². The van der Waals surface area contributed by atoms with Crippen molar-refractivity contribution in [2.24, 2.45) is 0 Å². The lowest BCUT2D eigenvalue weighted by Gasteiger charge is -2.09. The topological polar surface area (TPSA) is 82.2 Å². The molecule has 0 spiro atoms. The van der Waals surface area contributed by atoms with E-state index in [0.717, 1.165) is 16.7 Å². The summed E-state index contributed by atoms with van der Waals surface area (Å²) in [6.07, 6.45) is 1.71. The number of fused-ring (bicyclic) bond motifs is 1. The van der Waals surface area contributed by atoms with E-state index in [-0.39, 0.29) is 11.5 Å². The third-order valence-electron chi connectivity index (χ3n) is 4.94. The minimum absolute atomic E-state index is 0.229. The van der Waals surface area contributed by atoms with Gasteiger partial charge in [-0.25, -0.2) is 4.79 Å². The molecule has 0 aliphatic carbocycles. The van der Waals surface area contributed by atoms with Gasteiger partial charge in [-0.05, 0) is 54.8 Å². The number of hydrogen-bond donors (Lipinski definition) is 3. The third kappa shape index (κ3) is 2.90. The average molecular weight is 393 g/mol. The molecule has 0 fully saturated rings. The van der Waals surface area contributed by atoms with Crippen LogP contribution < -0.4 is 5.32 Å². The number of aromatic nitrogens is 1. The molecule has 5 nitrogen and oxygen atoms in total. The van der Waals surface area contributed by atoms with Crippen molar-refractivity contribution in [2.75, 3.05) is 5.32 Å². The number of anilines is 1. The van der Waals surface area contributed by atoms with E-state index in [4.69, 9.17) is 11.6 Å². The molecule has 6 heteroatoms. The van der Waals surface area contributed by atoms with Crippen molar-refractivity contribution >= 4 is 40.8 Å². The summed E-state index contributed by atoms with van der Waals surface area (Å²) in [6, 6.07) is 13.1. The smallest absolute Gasteiger partial charge is 0.337 e. The highest BCUT2D eigenvalue weighted by molar-refractivity contribution is 6.36. The van der Waals surface area contributed by atoms with Crippen molar-refractivity contribution in [1.29, 1.82) is 0 Å². The quantitative estimate of drug-likeness (QED) is 0.539. The molecular formula is C22H17ClN2O3. The first kappa shape index (κ1) is 18.1. The molecule has 0 saturated carbocycles. The summed E-state index contributed by atoms with van der Waals surface area (Å²) in [4.78, 5) is 27.3. The zero-order chi connectivity index (χ0) is 20.0. The Morgan fingerprint density at radius 2 is 1.89 bits per heavy atom. The fourth-order valence-electron chi connectivity index (χ4n) is 3.67. The van der Waals surface area contributed by atoms with Gasteiger partial charge in [-0.2, -0.15) is 0 Å². The Morgan fingerprint density at radius 1 is 1.14 bits per heavy atom. The number of hydrogen-bond acceptors (Lipinski definition) is 2. The van der Waals surface area contributed by atoms with Gasteiger partial charge in [0.25, 0.3) is 5.91 Å². The molecule has 4 rings (SSSR count). The lowest BCUT2D eigenvalue weighted by atomic mass is 9.94. The summed E-state index contributed by atoms with van der Waals surface area (Å²) in [6.45, 7) is 3.44. The lowest BCUT2D eigenvalue weighted by Crippen LogP contribution is -2.03. The number of H-pyrrole nitrogens is 1. The number of rotatable bonds is 3. The van der Waals surface area contributed by atoms with E-state index in [1.807, 2.05) is 36.4 Å². The molecule has 28 heavy (non-hydrogen) atoms. The van der Waals surface area contributed by atoms with E-state index in [9.17, 15) is 14.7 Å². The monoisotopic (exact) mass is 392 g/mol. The van der Waals surface area contributed by atoms with E-state index in [1.54, 1.807) is 26.0 Å². The van der Waals surface area contributed by atoms with E-state index in [0.29, 0.717) is 33.2 Å². The van der Waals surface area contributed by atoms with Crippen LogP contribution in [0.4, 0.5) is 5.69 Å². The molecule has 0 bridgehead atoms. The van der Waals surface area contributed by atoms with Crippen LogP contribution >= 0.6 is 11.6 Å². The standard InChI is InChI=1S/C22H17ClN2O3/c1-11-18(24-12(2)19(11)22(27)28)10-16-20-15(13-5-3-6-14(23)9-13)7-4-8-17(20)25-21(16)26/h3-10,24H,1-2H3,(H,25,26)(H,27,28)/b16-10-. The molecular weight excluding hydrogens is 376 g/mol. The van der Waals surface area contributed by atoms with Crippen LogP contribution in [0.1, 0.15) is 32.9 Å². The first-order chi connectivity index (χ1) is 13.4. The number of carboxylic acids is 1. The van der Waals surface area contributed by atoms with Crippen molar-refractivity contribution in [2.45, 2.75) is 13.8 Å². The second-order valence-electron chi connectivity index (χ2n) is 6.72. The summed E-state index contributed by atoms with van der Waals surface area (Å²) in [7, 11) is 0. The molecule has 0 saturated heterocycles. The largest absolute Gasteiger partial charge is 0.478 e. The number of nitrogens with one attached hydrogen (secondary N) is 2. The summed E-state index contributed by atoms with van der Waals surface area (Å²) >= 11 is 6.15. The fourth-order valence-corrected chi connectivity index (χ4v) is 3.86. The second-order valence-corrected chi connectivity index (χ2v) is 7.16. The summed E-state index contributed by atoms with van der Waals surface area (Å²) in [5.74, 6) is -1.22. The van der Waals surface area contributed by atoms with Gasteiger partial charge < -0.3 is 15.4 Å². The number of aromatic carboxylic acids is 1. The van der Waals surface area contributed by atoms with Crippen molar-refractivity contribution < 1.29 is 14.7 Å². The van der Waals surface area contributed by atoms with Gasteiger partial charge in [0.05, 0.1) is 11.1 Å². The molecule has 1 aliphatic heterocycles. The summed E-state index contributed by atoms with van der Waals surface area (Å²) in [5.41, 5.74) is 5.74. The maximum absolute atomic E-state index is 12.7. The Hall–Kier alpha value is -3.31. The number of carbonyl (C=O) groups excluding carboxylic acids is 1. The molecule has 3 aromatic rings. The van der Waals surface area contributed by atoms with Gasteiger partial charge >= 0.3 is 5.97 Å². The van der Waals surface area contributed by atoms with Gasteiger partial charge in [0.2, 0.25) is 0 Å². The van der Waals surface area contributed by atoms with Crippen LogP contribution in [-0.4, -0.2) is 22.0 Å². The van der Waals surface area contributed by atoms with E-state index < -0.39 is 5.97 Å². The van der Waals surface area contributed by atoms with Crippen LogP contribution in [0.15, 0.2) is 42.5 Å². The van der Waals surface area contributed by atoms with Crippen LogP contribution in [0.5, 0.6) is 0 Å². The average Bonchev–Trinajstić information content (AvgIpc) is 3.11. The number of aromatic amines is 1. The molecule has 0 unspecified atom stereocenters. The van der Waals surface area contributed by atoms with Crippen LogP contribution in [-0.2, 0) is 4.79 Å². The third-order valence-corrected chi connectivity index (χ3v) is 5.18. The van der Waals surface area contributed by atoms with Gasteiger partial charge in [-0.1, -0.05) is 35.9 Å². The Morgan fingerprint density at radius 3 is 2.57 bits per heavy atom. The van der Waals surface area contributed by atoms with Crippen LogP contribution in [0.2, 0.25) is 5.02 Å². The molecule has 1 aromatic heterocycles. The van der Waals surface area contributed by atoms with E-state index in [1.165, 1.54) is 0 Å². The second kappa shape index (κ2) is 6.69. The van der Waals surface area contributed by atoms with Crippen molar-refractivity contribution in [3.8, 4) is 11.1 Å². The Kier molecular flexibility index (Phi) is 4.32. The Bertz CT molecular complexity index is 1170. The molecule has 140 valence electrons. The van der Waals surface area contributed by atoms with Gasteiger partial charge in [0.15, 0.2) is 0 Å². The number of aryl methyl sites for hydroxylation is 1. The van der Waals surface area contributed by atoms with Crippen molar-refractivity contribution in [1.82, 2.24) is 4.98 Å². The van der Waals surface area contributed by atoms with Crippen molar-refractivity contribution in [3.63, 3.8) is 0 Å². The molecule has 2 heterocycles. The Balaban J connectivity index is 1.92. The highest BCUT2D eigenvalue weighted by atomic mass is 35.5. The maximum atomic E-state index is 12.7. The molecule has 2 aromatic carbocycles. The number of amides is 1. The predicted octanol–water partition coefficient (Wildman–Crippen LogP) is 5.14. The van der Waals surface area contributed by atoms with Crippen LogP contribution in [0.3, 0.4) is 0 Å². The highest BCUT2D eigenvalue weighted by Crippen LogP contribution is 2.41. The zero-order valence-corrected chi connectivity index (χ0v) is 16.0. The minimum Gasteiger partial charge on any atom is -0.478 e. The number of carbonyl (C=O) groups is 2. The fraction of sp³-hybridized carbons (Fsp3) is 0.0909. The minimum atomic E-state index is -0.994. The van der Waals surface area contributed by atoms with Crippen molar-refractivity contribution in [3.05, 3.63) is 75.6 Å². The lowest BCUT2D eigenvalue weighted by molar-refractivity contribution is -0.110.